The highest BCUT2D eigenvalue weighted by atomic mass is 16.8. The Balaban J connectivity index is 1.99. The van der Waals surface area contributed by atoms with Gasteiger partial charge in [0.25, 0.3) is 0 Å². The molecule has 0 aromatic heterocycles. The lowest BCUT2D eigenvalue weighted by Crippen LogP contribution is -2.51. The first-order valence-electron chi connectivity index (χ1n) is 6.13. The third kappa shape index (κ3) is 2.56. The molecule has 3 unspecified atom stereocenters. The van der Waals surface area contributed by atoms with Crippen LogP contribution in [-0.2, 0) is 9.47 Å². The summed E-state index contributed by atoms with van der Waals surface area (Å²) in [4.78, 5) is 2.27. The Morgan fingerprint density at radius 2 is 2.06 bits per heavy atom. The highest BCUT2D eigenvalue weighted by Gasteiger charge is 2.47. The maximum atomic E-state index is 9.42. The number of ether oxygens (including phenoxy) is 2. The van der Waals surface area contributed by atoms with E-state index in [9.17, 15) is 5.11 Å². The van der Waals surface area contributed by atoms with E-state index < -0.39 is 5.79 Å². The maximum Gasteiger partial charge on any atom is 0.163 e. The van der Waals surface area contributed by atoms with Gasteiger partial charge in [-0.3, -0.25) is 4.90 Å². The monoisotopic (exact) mass is 229 g/mol. The summed E-state index contributed by atoms with van der Waals surface area (Å²) < 4.78 is 11.8. The standard InChI is InChI=1S/C12H23NO3/c1-8-5-13(6-9(2)14)7-10-11(8)16-12(3,4)15-10/h8-11,14H,5-7H2,1-4H3/t8?,9-,10?,11?/m1/s1. The molecule has 2 rings (SSSR count). The summed E-state index contributed by atoms with van der Waals surface area (Å²) in [7, 11) is 0. The van der Waals surface area contributed by atoms with Gasteiger partial charge in [-0.2, -0.15) is 0 Å². The van der Waals surface area contributed by atoms with Crippen LogP contribution in [0.1, 0.15) is 27.7 Å². The number of rotatable bonds is 2. The average molecular weight is 229 g/mol. The molecule has 0 aromatic rings. The molecule has 16 heavy (non-hydrogen) atoms. The molecule has 0 amide bonds. The molecule has 2 aliphatic rings. The van der Waals surface area contributed by atoms with Gasteiger partial charge in [0, 0.05) is 19.6 Å². The minimum Gasteiger partial charge on any atom is -0.392 e. The van der Waals surface area contributed by atoms with Crippen molar-refractivity contribution in [2.45, 2.75) is 51.8 Å². The number of likely N-dealkylation sites (tertiary alicyclic amines) is 1. The van der Waals surface area contributed by atoms with Crippen LogP contribution < -0.4 is 0 Å². The van der Waals surface area contributed by atoms with Crippen molar-refractivity contribution < 1.29 is 14.6 Å². The van der Waals surface area contributed by atoms with Crippen molar-refractivity contribution in [2.24, 2.45) is 5.92 Å². The van der Waals surface area contributed by atoms with Crippen molar-refractivity contribution in [2.75, 3.05) is 19.6 Å². The lowest BCUT2D eigenvalue weighted by molar-refractivity contribution is -0.147. The molecular formula is C12H23NO3. The highest BCUT2D eigenvalue weighted by molar-refractivity contribution is 4.92. The maximum absolute atomic E-state index is 9.42. The van der Waals surface area contributed by atoms with Crippen molar-refractivity contribution in [3.63, 3.8) is 0 Å². The molecule has 1 N–H and O–H groups in total. The van der Waals surface area contributed by atoms with Crippen LogP contribution in [0.25, 0.3) is 0 Å². The Kier molecular flexibility index (Phi) is 3.27. The van der Waals surface area contributed by atoms with Crippen molar-refractivity contribution in [3.8, 4) is 0 Å². The molecule has 2 aliphatic heterocycles. The van der Waals surface area contributed by atoms with Crippen LogP contribution in [0.4, 0.5) is 0 Å². The molecule has 4 heteroatoms. The van der Waals surface area contributed by atoms with Gasteiger partial charge in [0.1, 0.15) is 6.10 Å². The second-order valence-electron chi connectivity index (χ2n) is 5.68. The fourth-order valence-corrected chi connectivity index (χ4v) is 2.85. The van der Waals surface area contributed by atoms with Gasteiger partial charge in [-0.15, -0.1) is 0 Å². The fraction of sp³-hybridized carbons (Fsp3) is 1.00. The smallest absolute Gasteiger partial charge is 0.163 e. The summed E-state index contributed by atoms with van der Waals surface area (Å²) in [6.45, 7) is 10.5. The zero-order valence-corrected chi connectivity index (χ0v) is 10.6. The van der Waals surface area contributed by atoms with Crippen LogP contribution in [0, 0.1) is 5.92 Å². The lowest BCUT2D eigenvalue weighted by atomic mass is 9.94. The summed E-state index contributed by atoms with van der Waals surface area (Å²) >= 11 is 0. The second-order valence-corrected chi connectivity index (χ2v) is 5.68. The van der Waals surface area contributed by atoms with Gasteiger partial charge in [0.05, 0.1) is 12.2 Å². The van der Waals surface area contributed by atoms with Gasteiger partial charge in [-0.1, -0.05) is 6.92 Å². The molecular weight excluding hydrogens is 206 g/mol. The van der Waals surface area contributed by atoms with E-state index in [-0.39, 0.29) is 18.3 Å². The van der Waals surface area contributed by atoms with Crippen LogP contribution in [-0.4, -0.2) is 53.7 Å². The van der Waals surface area contributed by atoms with Crippen molar-refractivity contribution >= 4 is 0 Å². The Hall–Kier alpha value is -0.160. The average Bonchev–Trinajstić information content (AvgIpc) is 2.38. The molecule has 94 valence electrons. The SMILES string of the molecule is CC1CN(C[C@@H](C)O)CC2OC(C)(C)OC12. The van der Waals surface area contributed by atoms with Crippen molar-refractivity contribution in [1.82, 2.24) is 4.90 Å². The first-order chi connectivity index (χ1) is 7.37. The molecule has 4 atom stereocenters. The van der Waals surface area contributed by atoms with Gasteiger partial charge in [-0.25, -0.2) is 0 Å². The molecule has 0 bridgehead atoms. The van der Waals surface area contributed by atoms with E-state index >= 15 is 0 Å². The molecule has 0 saturated carbocycles. The number of β-amino-alcohol motifs (C(OH)–C–C–N with tert-alkyl or cyclic N) is 1. The molecule has 2 saturated heterocycles. The van der Waals surface area contributed by atoms with E-state index in [0.29, 0.717) is 5.92 Å². The number of aliphatic hydroxyl groups excluding tert-OH is 1. The Morgan fingerprint density at radius 3 is 2.69 bits per heavy atom. The van der Waals surface area contributed by atoms with E-state index in [1.54, 1.807) is 0 Å². The van der Waals surface area contributed by atoms with Gasteiger partial charge in [0.15, 0.2) is 5.79 Å². The first kappa shape index (κ1) is 12.3. The Morgan fingerprint density at radius 1 is 1.38 bits per heavy atom. The predicted molar refractivity (Wildman–Crippen MR) is 61.1 cm³/mol. The largest absolute Gasteiger partial charge is 0.392 e. The Bertz CT molecular complexity index is 255. The third-order valence-electron chi connectivity index (χ3n) is 3.29. The second kappa shape index (κ2) is 4.26. The molecule has 0 spiro atoms. The number of hydrogen-bond donors (Lipinski definition) is 1. The van der Waals surface area contributed by atoms with Crippen molar-refractivity contribution in [1.29, 1.82) is 0 Å². The van der Waals surface area contributed by atoms with Gasteiger partial charge >= 0.3 is 0 Å². The van der Waals surface area contributed by atoms with E-state index in [2.05, 4.69) is 11.8 Å². The summed E-state index contributed by atoms with van der Waals surface area (Å²) in [5, 5.41) is 9.42. The zero-order chi connectivity index (χ0) is 11.9. The van der Waals surface area contributed by atoms with Gasteiger partial charge < -0.3 is 14.6 Å². The topological polar surface area (TPSA) is 41.9 Å². The third-order valence-corrected chi connectivity index (χ3v) is 3.29. The van der Waals surface area contributed by atoms with Crippen LogP contribution >= 0.6 is 0 Å². The summed E-state index contributed by atoms with van der Waals surface area (Å²) in [5.74, 6) is 0.00373. The minimum absolute atomic E-state index is 0.150. The molecule has 4 nitrogen and oxygen atoms in total. The number of nitrogens with zero attached hydrogens (tertiary/aromatic N) is 1. The predicted octanol–water partition coefficient (Wildman–Crippen LogP) is 0.839. The van der Waals surface area contributed by atoms with Gasteiger partial charge in [0.2, 0.25) is 0 Å². The van der Waals surface area contributed by atoms with Crippen molar-refractivity contribution in [3.05, 3.63) is 0 Å². The molecule has 0 aromatic carbocycles. The molecule has 0 aliphatic carbocycles. The molecule has 0 radical (unpaired) electrons. The molecule has 2 heterocycles. The fourth-order valence-electron chi connectivity index (χ4n) is 2.85. The highest BCUT2D eigenvalue weighted by Crippen LogP contribution is 2.35. The quantitative estimate of drug-likeness (QED) is 0.762. The summed E-state index contributed by atoms with van der Waals surface area (Å²) in [5.41, 5.74) is 0. The number of piperidine rings is 1. The normalized spacial score (nSPS) is 40.7. The van der Waals surface area contributed by atoms with E-state index in [1.165, 1.54) is 0 Å². The number of fused-ring (bicyclic) bond motifs is 1. The van der Waals surface area contributed by atoms with Crippen LogP contribution in [0.2, 0.25) is 0 Å². The number of aliphatic hydroxyl groups is 1. The van der Waals surface area contributed by atoms with E-state index in [1.807, 2.05) is 20.8 Å². The summed E-state index contributed by atoms with van der Waals surface area (Å²) in [6.07, 6.45) is 0.0804. The van der Waals surface area contributed by atoms with Crippen LogP contribution in [0.5, 0.6) is 0 Å². The number of hydrogen-bond acceptors (Lipinski definition) is 4. The lowest BCUT2D eigenvalue weighted by Gasteiger charge is -2.37. The van der Waals surface area contributed by atoms with E-state index in [0.717, 1.165) is 19.6 Å². The van der Waals surface area contributed by atoms with Crippen LogP contribution in [0.15, 0.2) is 0 Å². The van der Waals surface area contributed by atoms with Gasteiger partial charge in [-0.05, 0) is 26.7 Å². The first-order valence-corrected chi connectivity index (χ1v) is 6.13. The van der Waals surface area contributed by atoms with Crippen LogP contribution in [0.3, 0.4) is 0 Å². The van der Waals surface area contributed by atoms with E-state index in [4.69, 9.17) is 9.47 Å². The summed E-state index contributed by atoms with van der Waals surface area (Å²) in [6, 6.07) is 0. The zero-order valence-electron chi connectivity index (χ0n) is 10.6. The minimum atomic E-state index is -0.454. The molecule has 2 fully saturated rings. The Labute approximate surface area is 97.5 Å².